The Morgan fingerprint density at radius 3 is 2.64 bits per heavy atom. The molecular weight excluding hydrogens is 314 g/mol. The first-order chi connectivity index (χ1) is 12.0. The molecule has 1 aromatic carbocycles. The molecule has 0 bridgehead atoms. The zero-order valence-corrected chi connectivity index (χ0v) is 15.9. The number of nitrogens with one attached hydrogen (secondary N) is 1. The summed E-state index contributed by atoms with van der Waals surface area (Å²) in [4.78, 5) is 12.3. The highest BCUT2D eigenvalue weighted by molar-refractivity contribution is 5.79. The molecule has 25 heavy (non-hydrogen) atoms. The second kappa shape index (κ2) is 9.69. The number of amides is 1. The Labute approximate surface area is 152 Å². The molecule has 2 N–H and O–H groups in total. The Balaban J connectivity index is 1.71. The highest BCUT2D eigenvalue weighted by Gasteiger charge is 2.22. The van der Waals surface area contributed by atoms with Gasteiger partial charge in [0.15, 0.2) is 11.5 Å². The van der Waals surface area contributed by atoms with E-state index in [0.717, 1.165) is 30.2 Å². The Kier molecular flexibility index (Phi) is 7.60. The van der Waals surface area contributed by atoms with Gasteiger partial charge < -0.3 is 15.2 Å². The molecule has 1 aromatic rings. The largest absolute Gasteiger partial charge is 0.504 e. The molecule has 1 aliphatic carbocycles. The lowest BCUT2D eigenvalue weighted by atomic mass is 9.82. The number of ether oxygens (including phenoxy) is 1. The summed E-state index contributed by atoms with van der Waals surface area (Å²) in [6.45, 7) is 4.58. The molecule has 0 aliphatic heterocycles. The van der Waals surface area contributed by atoms with E-state index in [4.69, 9.17) is 4.74 Å². The molecule has 4 nitrogen and oxygen atoms in total. The van der Waals surface area contributed by atoms with Crippen LogP contribution in [-0.2, 0) is 11.2 Å². The minimum Gasteiger partial charge on any atom is -0.504 e. The van der Waals surface area contributed by atoms with Crippen molar-refractivity contribution in [2.75, 3.05) is 7.11 Å². The van der Waals surface area contributed by atoms with Gasteiger partial charge in [-0.05, 0) is 55.2 Å². The number of methoxy groups -OCH3 is 1. The smallest absolute Gasteiger partial charge is 0.224 e. The Hall–Kier alpha value is -1.71. The van der Waals surface area contributed by atoms with Gasteiger partial charge in [0.1, 0.15) is 0 Å². The lowest BCUT2D eigenvalue weighted by Crippen LogP contribution is -2.38. The maximum Gasteiger partial charge on any atom is 0.224 e. The molecular formula is C21H33NO3. The summed E-state index contributed by atoms with van der Waals surface area (Å²) in [5.41, 5.74) is 0.856. The van der Waals surface area contributed by atoms with Crippen molar-refractivity contribution in [3.05, 3.63) is 23.8 Å². The van der Waals surface area contributed by atoms with Crippen molar-refractivity contribution in [3.63, 3.8) is 0 Å². The zero-order valence-electron chi connectivity index (χ0n) is 15.9. The fourth-order valence-electron chi connectivity index (χ4n) is 3.71. The van der Waals surface area contributed by atoms with Crippen molar-refractivity contribution < 1.29 is 14.6 Å². The van der Waals surface area contributed by atoms with Crippen molar-refractivity contribution in [2.45, 2.75) is 71.3 Å². The first-order valence-corrected chi connectivity index (χ1v) is 9.63. The van der Waals surface area contributed by atoms with E-state index in [9.17, 15) is 9.90 Å². The molecule has 1 aliphatic rings. The molecule has 0 radical (unpaired) electrons. The van der Waals surface area contributed by atoms with Crippen LogP contribution in [0.2, 0.25) is 0 Å². The van der Waals surface area contributed by atoms with Crippen molar-refractivity contribution >= 4 is 5.91 Å². The minimum atomic E-state index is 0.0519. The Bertz CT molecular complexity index is 548. The van der Waals surface area contributed by atoms with Crippen LogP contribution in [0.15, 0.2) is 18.2 Å². The summed E-state index contributed by atoms with van der Waals surface area (Å²) in [6.07, 6.45) is 8.98. The number of benzene rings is 1. The molecule has 0 spiro atoms. The van der Waals surface area contributed by atoms with Crippen LogP contribution in [0.25, 0.3) is 0 Å². The van der Waals surface area contributed by atoms with E-state index in [0.29, 0.717) is 18.2 Å². The Morgan fingerprint density at radius 2 is 2.00 bits per heavy atom. The van der Waals surface area contributed by atoms with E-state index in [2.05, 4.69) is 19.2 Å². The molecule has 0 aromatic heterocycles. The fourth-order valence-corrected chi connectivity index (χ4v) is 3.71. The van der Waals surface area contributed by atoms with E-state index in [1.165, 1.54) is 39.2 Å². The van der Waals surface area contributed by atoms with Gasteiger partial charge in [-0.15, -0.1) is 0 Å². The average Bonchev–Trinajstić information content (AvgIpc) is 2.58. The number of hydrogen-bond acceptors (Lipinski definition) is 3. The van der Waals surface area contributed by atoms with Crippen LogP contribution in [0.4, 0.5) is 0 Å². The van der Waals surface area contributed by atoms with E-state index in [-0.39, 0.29) is 11.7 Å². The van der Waals surface area contributed by atoms with Crippen LogP contribution in [0, 0.1) is 11.8 Å². The molecule has 1 fully saturated rings. The molecule has 2 rings (SSSR count). The van der Waals surface area contributed by atoms with E-state index < -0.39 is 0 Å². The van der Waals surface area contributed by atoms with Gasteiger partial charge in [-0.3, -0.25) is 4.79 Å². The van der Waals surface area contributed by atoms with Crippen LogP contribution in [0.5, 0.6) is 11.5 Å². The maximum absolute atomic E-state index is 12.3. The summed E-state index contributed by atoms with van der Waals surface area (Å²) in [6, 6.07) is 5.38. The minimum absolute atomic E-state index is 0.0519. The zero-order chi connectivity index (χ0) is 18.2. The molecule has 4 heteroatoms. The van der Waals surface area contributed by atoms with Crippen molar-refractivity contribution in [3.8, 4) is 11.5 Å². The molecule has 1 amide bonds. The highest BCUT2D eigenvalue weighted by Crippen LogP contribution is 2.29. The van der Waals surface area contributed by atoms with Crippen LogP contribution in [0.1, 0.15) is 64.4 Å². The summed E-state index contributed by atoms with van der Waals surface area (Å²) in [5.74, 6) is 2.20. The van der Waals surface area contributed by atoms with Gasteiger partial charge in [-0.25, -0.2) is 0 Å². The number of rotatable bonds is 8. The quantitative estimate of drug-likeness (QED) is 0.730. The molecule has 0 atom stereocenters. The van der Waals surface area contributed by atoms with Crippen LogP contribution < -0.4 is 10.1 Å². The van der Waals surface area contributed by atoms with Crippen molar-refractivity contribution in [1.82, 2.24) is 5.32 Å². The molecule has 0 unspecified atom stereocenters. The molecule has 1 saturated carbocycles. The SMILES string of the molecule is COc1cc(CC(=O)N[C@H]2CC[C@H](CCCC(C)C)CC2)ccc1O. The van der Waals surface area contributed by atoms with Crippen molar-refractivity contribution in [2.24, 2.45) is 11.8 Å². The third-order valence-corrected chi connectivity index (χ3v) is 5.21. The number of carbonyl (C=O) groups excluding carboxylic acids is 1. The lowest BCUT2D eigenvalue weighted by molar-refractivity contribution is -0.121. The predicted octanol–water partition coefficient (Wildman–Crippen LogP) is 4.44. The van der Waals surface area contributed by atoms with E-state index in [1.807, 2.05) is 0 Å². The number of aromatic hydroxyl groups is 1. The average molecular weight is 347 g/mol. The summed E-state index contributed by atoms with van der Waals surface area (Å²) in [5, 5.41) is 12.8. The van der Waals surface area contributed by atoms with Gasteiger partial charge in [-0.1, -0.05) is 39.2 Å². The number of phenolic OH excluding ortho intramolecular Hbond substituents is 1. The lowest BCUT2D eigenvalue weighted by Gasteiger charge is -2.29. The third kappa shape index (κ3) is 6.60. The van der Waals surface area contributed by atoms with Gasteiger partial charge in [0.2, 0.25) is 5.91 Å². The summed E-state index contributed by atoms with van der Waals surface area (Å²) in [7, 11) is 1.51. The maximum atomic E-state index is 12.3. The number of carbonyl (C=O) groups is 1. The predicted molar refractivity (Wildman–Crippen MR) is 101 cm³/mol. The standard InChI is InChI=1S/C21H33NO3/c1-15(2)5-4-6-16-7-10-18(11-8-16)22-21(24)14-17-9-12-19(23)20(13-17)25-3/h9,12-13,15-16,18,23H,4-8,10-11,14H2,1-3H3,(H,22,24)/t16-,18-. The van der Waals surface area contributed by atoms with E-state index in [1.54, 1.807) is 18.2 Å². The number of hydrogen-bond donors (Lipinski definition) is 2. The second-order valence-electron chi connectivity index (χ2n) is 7.79. The van der Waals surface area contributed by atoms with Gasteiger partial charge >= 0.3 is 0 Å². The van der Waals surface area contributed by atoms with Crippen LogP contribution in [-0.4, -0.2) is 24.2 Å². The van der Waals surface area contributed by atoms with Crippen LogP contribution >= 0.6 is 0 Å². The van der Waals surface area contributed by atoms with Crippen molar-refractivity contribution in [1.29, 1.82) is 0 Å². The normalized spacial score (nSPS) is 20.5. The van der Waals surface area contributed by atoms with Gasteiger partial charge in [0, 0.05) is 6.04 Å². The topological polar surface area (TPSA) is 58.6 Å². The number of phenols is 1. The summed E-state index contributed by atoms with van der Waals surface area (Å²) >= 11 is 0. The first-order valence-electron chi connectivity index (χ1n) is 9.63. The second-order valence-corrected chi connectivity index (χ2v) is 7.79. The van der Waals surface area contributed by atoms with Crippen LogP contribution in [0.3, 0.4) is 0 Å². The highest BCUT2D eigenvalue weighted by atomic mass is 16.5. The van der Waals surface area contributed by atoms with Gasteiger partial charge in [0.05, 0.1) is 13.5 Å². The van der Waals surface area contributed by atoms with Gasteiger partial charge in [-0.2, -0.15) is 0 Å². The van der Waals surface area contributed by atoms with Gasteiger partial charge in [0.25, 0.3) is 0 Å². The van der Waals surface area contributed by atoms with E-state index >= 15 is 0 Å². The monoisotopic (exact) mass is 347 g/mol. The third-order valence-electron chi connectivity index (χ3n) is 5.21. The molecule has 0 heterocycles. The summed E-state index contributed by atoms with van der Waals surface area (Å²) < 4.78 is 5.09. The molecule has 0 saturated heterocycles. The first kappa shape index (κ1) is 19.6. The fraction of sp³-hybridized carbons (Fsp3) is 0.667. The Morgan fingerprint density at radius 1 is 1.28 bits per heavy atom. The molecule has 140 valence electrons.